The second-order valence-corrected chi connectivity index (χ2v) is 11.5. The van der Waals surface area contributed by atoms with Gasteiger partial charge in [-0.15, -0.1) is 0 Å². The van der Waals surface area contributed by atoms with Gasteiger partial charge in [-0.3, -0.25) is 13.9 Å². The average molecular weight is 522 g/mol. The van der Waals surface area contributed by atoms with E-state index in [0.29, 0.717) is 10.7 Å². The summed E-state index contributed by atoms with van der Waals surface area (Å²) in [5.74, 6) is -0.507. The number of carbonyl (C=O) groups is 2. The molecule has 35 heavy (non-hydrogen) atoms. The normalized spacial score (nSPS) is 13.3. The molecule has 0 saturated heterocycles. The van der Waals surface area contributed by atoms with Gasteiger partial charge >= 0.3 is 0 Å². The van der Waals surface area contributed by atoms with Gasteiger partial charge in [-0.25, -0.2) is 8.42 Å². The number of hydrogen-bond donors (Lipinski definition) is 1. The quantitative estimate of drug-likeness (QED) is 0.469. The minimum atomic E-state index is -3.76. The van der Waals surface area contributed by atoms with E-state index in [-0.39, 0.29) is 24.4 Å². The molecule has 1 N–H and O–H groups in total. The summed E-state index contributed by atoms with van der Waals surface area (Å²) in [4.78, 5) is 27.8. The molecule has 0 aliphatic rings. The van der Waals surface area contributed by atoms with Crippen LogP contribution in [-0.4, -0.2) is 50.0 Å². The summed E-state index contributed by atoms with van der Waals surface area (Å²) in [5.41, 5.74) is 2.19. The van der Waals surface area contributed by atoms with Gasteiger partial charge in [0.25, 0.3) is 0 Å². The Morgan fingerprint density at radius 1 is 1.03 bits per heavy atom. The van der Waals surface area contributed by atoms with Crippen molar-refractivity contribution in [1.82, 2.24) is 10.2 Å². The summed E-state index contributed by atoms with van der Waals surface area (Å²) in [7, 11) is -3.76. The van der Waals surface area contributed by atoms with E-state index in [0.717, 1.165) is 28.1 Å². The molecule has 0 heterocycles. The van der Waals surface area contributed by atoms with Crippen molar-refractivity contribution in [1.29, 1.82) is 0 Å². The fraction of sp³-hybridized carbons (Fsp3) is 0.462. The van der Waals surface area contributed by atoms with Crippen molar-refractivity contribution in [2.24, 2.45) is 0 Å². The van der Waals surface area contributed by atoms with Crippen molar-refractivity contribution < 1.29 is 18.0 Å². The Morgan fingerprint density at radius 2 is 1.66 bits per heavy atom. The van der Waals surface area contributed by atoms with Crippen molar-refractivity contribution in [3.05, 3.63) is 64.7 Å². The van der Waals surface area contributed by atoms with Crippen molar-refractivity contribution in [3.8, 4) is 0 Å². The van der Waals surface area contributed by atoms with Crippen LogP contribution in [0.2, 0.25) is 5.02 Å². The number of halogens is 1. The maximum absolute atomic E-state index is 13.5. The SMILES string of the molecule is CC[C@H](C)NC(=O)[C@@H](C)N(Cc1cccc(Cl)c1)C(=O)CN(c1ccc(C(C)C)cc1)S(C)(=O)=O. The van der Waals surface area contributed by atoms with E-state index in [1.165, 1.54) is 4.90 Å². The van der Waals surface area contributed by atoms with E-state index >= 15 is 0 Å². The molecule has 2 aromatic rings. The van der Waals surface area contributed by atoms with Crippen molar-refractivity contribution >= 4 is 39.1 Å². The number of nitrogens with zero attached hydrogens (tertiary/aromatic N) is 2. The molecule has 0 aliphatic carbocycles. The smallest absolute Gasteiger partial charge is 0.244 e. The van der Waals surface area contributed by atoms with E-state index in [9.17, 15) is 18.0 Å². The van der Waals surface area contributed by atoms with Crippen LogP contribution in [0, 0.1) is 0 Å². The third kappa shape index (κ3) is 8.25. The number of amides is 2. The average Bonchev–Trinajstić information content (AvgIpc) is 2.79. The Hall–Kier alpha value is -2.58. The molecular formula is C26H36ClN3O4S. The number of hydrogen-bond acceptors (Lipinski definition) is 4. The molecule has 7 nitrogen and oxygen atoms in total. The van der Waals surface area contributed by atoms with Crippen LogP contribution in [0.1, 0.15) is 58.1 Å². The highest BCUT2D eigenvalue weighted by Gasteiger charge is 2.30. The van der Waals surface area contributed by atoms with Crippen LogP contribution in [0.5, 0.6) is 0 Å². The second-order valence-electron chi connectivity index (χ2n) is 9.16. The number of benzene rings is 2. The van der Waals surface area contributed by atoms with Gasteiger partial charge in [0.05, 0.1) is 11.9 Å². The second kappa shape index (κ2) is 12.4. The first kappa shape index (κ1) is 28.7. The Bertz CT molecular complexity index is 1120. The van der Waals surface area contributed by atoms with Crippen LogP contribution in [0.4, 0.5) is 5.69 Å². The Labute approximate surface area is 214 Å². The van der Waals surface area contributed by atoms with Gasteiger partial charge in [-0.05, 0) is 61.6 Å². The topological polar surface area (TPSA) is 86.8 Å². The maximum atomic E-state index is 13.5. The molecule has 2 aromatic carbocycles. The van der Waals surface area contributed by atoms with Crippen LogP contribution in [0.15, 0.2) is 48.5 Å². The summed E-state index contributed by atoms with van der Waals surface area (Å²) in [5, 5.41) is 3.41. The first-order valence-electron chi connectivity index (χ1n) is 11.7. The lowest BCUT2D eigenvalue weighted by Crippen LogP contribution is -2.52. The summed E-state index contributed by atoms with van der Waals surface area (Å²) < 4.78 is 26.4. The molecule has 0 bridgehead atoms. The minimum Gasteiger partial charge on any atom is -0.352 e. The third-order valence-corrected chi connectivity index (χ3v) is 7.31. The third-order valence-electron chi connectivity index (χ3n) is 5.94. The molecule has 0 spiro atoms. The molecule has 192 valence electrons. The monoisotopic (exact) mass is 521 g/mol. The lowest BCUT2D eigenvalue weighted by molar-refractivity contribution is -0.139. The summed E-state index contributed by atoms with van der Waals surface area (Å²) in [6.07, 6.45) is 1.81. The molecule has 9 heteroatoms. The summed E-state index contributed by atoms with van der Waals surface area (Å²) >= 11 is 6.13. The van der Waals surface area contributed by atoms with E-state index in [4.69, 9.17) is 11.6 Å². The maximum Gasteiger partial charge on any atom is 0.244 e. The molecule has 0 aliphatic heterocycles. The lowest BCUT2D eigenvalue weighted by atomic mass is 10.0. The summed E-state index contributed by atoms with van der Waals surface area (Å²) in [6, 6.07) is 13.3. The van der Waals surface area contributed by atoms with Crippen LogP contribution in [-0.2, 0) is 26.2 Å². The van der Waals surface area contributed by atoms with Crippen molar-refractivity contribution in [3.63, 3.8) is 0 Å². The number of nitrogens with one attached hydrogen (secondary N) is 1. The fourth-order valence-corrected chi connectivity index (χ4v) is 4.58. The number of carbonyl (C=O) groups excluding carboxylic acids is 2. The van der Waals surface area contributed by atoms with E-state index in [1.54, 1.807) is 37.3 Å². The zero-order valence-corrected chi connectivity index (χ0v) is 22.9. The lowest BCUT2D eigenvalue weighted by Gasteiger charge is -2.32. The summed E-state index contributed by atoms with van der Waals surface area (Å²) in [6.45, 7) is 9.26. The van der Waals surface area contributed by atoms with Crippen LogP contribution < -0.4 is 9.62 Å². The van der Waals surface area contributed by atoms with Gasteiger partial charge in [0, 0.05) is 17.6 Å². The highest BCUT2D eigenvalue weighted by Crippen LogP contribution is 2.23. The molecular weight excluding hydrogens is 486 g/mol. The zero-order valence-electron chi connectivity index (χ0n) is 21.3. The van der Waals surface area contributed by atoms with E-state index in [1.807, 2.05) is 45.9 Å². The predicted octanol–water partition coefficient (Wildman–Crippen LogP) is 4.56. The highest BCUT2D eigenvalue weighted by atomic mass is 35.5. The zero-order chi connectivity index (χ0) is 26.3. The van der Waals surface area contributed by atoms with Gasteiger partial charge in [0.1, 0.15) is 12.6 Å². The number of anilines is 1. The first-order valence-corrected chi connectivity index (χ1v) is 14.0. The van der Waals surface area contributed by atoms with Crippen molar-refractivity contribution in [2.75, 3.05) is 17.1 Å². The Balaban J connectivity index is 2.38. The fourth-order valence-electron chi connectivity index (χ4n) is 3.52. The van der Waals surface area contributed by atoms with E-state index in [2.05, 4.69) is 5.32 Å². The van der Waals surface area contributed by atoms with Crippen molar-refractivity contribution in [2.45, 2.75) is 65.6 Å². The molecule has 0 aromatic heterocycles. The molecule has 2 amide bonds. The number of sulfonamides is 1. The molecule has 0 fully saturated rings. The Kier molecular flexibility index (Phi) is 10.2. The molecule has 2 atom stereocenters. The Morgan fingerprint density at radius 3 is 2.17 bits per heavy atom. The standard InChI is InChI=1S/C26H36ClN3O4S/c1-7-19(4)28-26(32)20(5)29(16-21-9-8-10-23(27)15-21)25(31)17-30(35(6,33)34)24-13-11-22(12-14-24)18(2)3/h8-15,18-20H,7,16-17H2,1-6H3,(H,28,32)/t19-,20+/m0/s1. The van der Waals surface area contributed by atoms with Crippen LogP contribution in [0.25, 0.3) is 0 Å². The van der Waals surface area contributed by atoms with Gasteiger partial charge in [-0.1, -0.05) is 56.6 Å². The molecule has 2 rings (SSSR count). The molecule has 0 saturated carbocycles. The van der Waals surface area contributed by atoms with Crippen LogP contribution >= 0.6 is 11.6 Å². The van der Waals surface area contributed by atoms with Gasteiger partial charge in [-0.2, -0.15) is 0 Å². The first-order chi connectivity index (χ1) is 16.3. The molecule has 0 unspecified atom stereocenters. The van der Waals surface area contributed by atoms with E-state index < -0.39 is 28.5 Å². The van der Waals surface area contributed by atoms with Gasteiger partial charge < -0.3 is 10.2 Å². The minimum absolute atomic E-state index is 0.0555. The van der Waals surface area contributed by atoms with Crippen LogP contribution in [0.3, 0.4) is 0 Å². The highest BCUT2D eigenvalue weighted by molar-refractivity contribution is 7.92. The largest absolute Gasteiger partial charge is 0.352 e. The predicted molar refractivity (Wildman–Crippen MR) is 142 cm³/mol. The molecule has 0 radical (unpaired) electrons. The van der Waals surface area contributed by atoms with Gasteiger partial charge in [0.2, 0.25) is 21.8 Å². The number of rotatable bonds is 11. The van der Waals surface area contributed by atoms with Gasteiger partial charge in [0.15, 0.2) is 0 Å².